The van der Waals surface area contributed by atoms with E-state index in [9.17, 15) is 8.42 Å². The van der Waals surface area contributed by atoms with Crippen molar-refractivity contribution in [3.63, 3.8) is 0 Å². The smallest absolute Gasteiger partial charge is 0.267 e. The van der Waals surface area contributed by atoms with Gasteiger partial charge in [-0.2, -0.15) is 13.7 Å². The van der Waals surface area contributed by atoms with Gasteiger partial charge in [-0.1, -0.05) is 35.5 Å². The molecule has 0 bridgehead atoms. The van der Waals surface area contributed by atoms with E-state index in [1.807, 2.05) is 30.3 Å². The molecule has 0 amide bonds. The summed E-state index contributed by atoms with van der Waals surface area (Å²) in [6, 6.07) is 11.1. The number of hydrogen-bond acceptors (Lipinski definition) is 5. The van der Waals surface area contributed by atoms with E-state index < -0.39 is 10.1 Å². The molecule has 0 atom stereocenters. The van der Waals surface area contributed by atoms with Crippen molar-refractivity contribution < 1.29 is 12.7 Å². The van der Waals surface area contributed by atoms with Crippen molar-refractivity contribution in [2.75, 3.05) is 6.26 Å². The molecule has 0 saturated carbocycles. The maximum atomic E-state index is 10.8. The third-order valence-corrected chi connectivity index (χ3v) is 2.27. The summed E-state index contributed by atoms with van der Waals surface area (Å²) in [5.41, 5.74) is 1.33. The highest BCUT2D eigenvalue weighted by Gasteiger charge is 2.05. The van der Waals surface area contributed by atoms with Gasteiger partial charge in [-0.15, -0.1) is 0 Å². The Labute approximate surface area is 106 Å². The van der Waals surface area contributed by atoms with Crippen molar-refractivity contribution >= 4 is 21.9 Å². The van der Waals surface area contributed by atoms with Crippen LogP contribution >= 0.6 is 0 Å². The van der Waals surface area contributed by atoms with Crippen molar-refractivity contribution in [3.8, 4) is 6.07 Å². The Morgan fingerprint density at radius 1 is 1.39 bits per heavy atom. The molecule has 94 valence electrons. The lowest BCUT2D eigenvalue weighted by molar-refractivity contribution is 0.344. The van der Waals surface area contributed by atoms with E-state index in [0.717, 1.165) is 11.8 Å². The predicted octanol–water partition coefficient (Wildman–Crippen LogP) is 1.95. The number of hydrogen-bond donors (Lipinski definition) is 0. The third-order valence-electron chi connectivity index (χ3n) is 1.93. The second-order valence-corrected chi connectivity index (χ2v) is 5.13. The average Bonchev–Trinajstić information content (AvgIpc) is 2.29. The predicted molar refractivity (Wildman–Crippen MR) is 69.1 cm³/mol. The van der Waals surface area contributed by atoms with Gasteiger partial charge in [0.15, 0.2) is 5.71 Å². The van der Waals surface area contributed by atoms with Gasteiger partial charge in [0.25, 0.3) is 0 Å². The van der Waals surface area contributed by atoms with Crippen molar-refractivity contribution in [3.05, 3.63) is 41.5 Å². The first-order valence-electron chi connectivity index (χ1n) is 5.03. The van der Waals surface area contributed by atoms with E-state index in [1.54, 1.807) is 19.1 Å². The molecule has 0 N–H and O–H groups in total. The molecule has 0 heterocycles. The summed E-state index contributed by atoms with van der Waals surface area (Å²) in [5, 5.41) is 12.2. The molecule has 18 heavy (non-hydrogen) atoms. The lowest BCUT2D eigenvalue weighted by atomic mass is 10.1. The number of nitriles is 1. The number of allylic oxidation sites excluding steroid dienone is 1. The number of nitrogens with zero attached hydrogens (tertiary/aromatic N) is 2. The van der Waals surface area contributed by atoms with Gasteiger partial charge in [0.2, 0.25) is 0 Å². The Bertz CT molecular complexity index is 610. The van der Waals surface area contributed by atoms with Crippen LogP contribution in [-0.2, 0) is 14.4 Å². The molecule has 0 aliphatic rings. The first-order chi connectivity index (χ1) is 8.42. The fourth-order valence-corrected chi connectivity index (χ4v) is 1.36. The van der Waals surface area contributed by atoms with E-state index in [1.165, 1.54) is 0 Å². The molecule has 0 radical (unpaired) electrons. The minimum absolute atomic E-state index is 0.0794. The highest BCUT2D eigenvalue weighted by molar-refractivity contribution is 7.85. The molecule has 6 heteroatoms. The molecule has 0 unspecified atom stereocenters. The minimum atomic E-state index is -3.70. The Kier molecular flexibility index (Phi) is 4.63. The maximum absolute atomic E-state index is 10.8. The van der Waals surface area contributed by atoms with Gasteiger partial charge in [-0.3, -0.25) is 4.28 Å². The lowest BCUT2D eigenvalue weighted by Crippen LogP contribution is -2.02. The minimum Gasteiger partial charge on any atom is -0.267 e. The van der Waals surface area contributed by atoms with E-state index in [0.29, 0.717) is 5.57 Å². The van der Waals surface area contributed by atoms with Crippen LogP contribution < -0.4 is 0 Å². The zero-order valence-electron chi connectivity index (χ0n) is 9.99. The molecule has 5 nitrogen and oxygen atoms in total. The van der Waals surface area contributed by atoms with Crippen LogP contribution in [-0.4, -0.2) is 20.4 Å². The van der Waals surface area contributed by atoms with Crippen LogP contribution in [0.3, 0.4) is 0 Å². The quantitative estimate of drug-likeness (QED) is 0.615. The summed E-state index contributed by atoms with van der Waals surface area (Å²) in [4.78, 5) is 0. The molecule has 0 spiro atoms. The molecule has 0 aromatic heterocycles. The van der Waals surface area contributed by atoms with Crippen LogP contribution in [0, 0.1) is 11.3 Å². The van der Waals surface area contributed by atoms with E-state index in [-0.39, 0.29) is 5.71 Å². The molecule has 1 aromatic carbocycles. The van der Waals surface area contributed by atoms with Crippen LogP contribution in [0.2, 0.25) is 0 Å². The molecule has 1 aromatic rings. The standard InChI is InChI=1S/C12H12N2O3S/c1-10(8-11-6-4-3-5-7-11)12(9-13)14-17-18(2,15)16/h3-8H,1-2H3. The first-order valence-corrected chi connectivity index (χ1v) is 6.84. The number of benzene rings is 1. The zero-order valence-corrected chi connectivity index (χ0v) is 10.8. The van der Waals surface area contributed by atoms with E-state index in [2.05, 4.69) is 9.44 Å². The molecule has 1 rings (SSSR count). The Morgan fingerprint density at radius 2 is 2.00 bits per heavy atom. The summed E-state index contributed by atoms with van der Waals surface area (Å²) in [6.07, 6.45) is 2.58. The second-order valence-electron chi connectivity index (χ2n) is 3.57. The highest BCUT2D eigenvalue weighted by atomic mass is 32.2. The van der Waals surface area contributed by atoms with Gasteiger partial charge in [-0.25, -0.2) is 0 Å². The fraction of sp³-hybridized carbons (Fsp3) is 0.167. The normalized spacial score (nSPS) is 12.9. The molecule has 0 saturated heterocycles. The van der Waals surface area contributed by atoms with Crippen molar-refractivity contribution in [1.82, 2.24) is 0 Å². The largest absolute Gasteiger partial charge is 0.325 e. The summed E-state index contributed by atoms with van der Waals surface area (Å²) in [6.45, 7) is 1.65. The molecule has 0 aliphatic heterocycles. The van der Waals surface area contributed by atoms with Crippen molar-refractivity contribution in [2.45, 2.75) is 6.92 Å². The second kappa shape index (κ2) is 5.98. The number of rotatable bonds is 4. The summed E-state index contributed by atoms with van der Waals surface area (Å²) in [5.74, 6) is 0. The van der Waals surface area contributed by atoms with Crippen LogP contribution in [0.1, 0.15) is 12.5 Å². The Morgan fingerprint density at radius 3 is 2.50 bits per heavy atom. The molecule has 0 fully saturated rings. The van der Waals surface area contributed by atoms with Gasteiger partial charge < -0.3 is 0 Å². The van der Waals surface area contributed by atoms with Gasteiger partial charge in [0.1, 0.15) is 6.07 Å². The van der Waals surface area contributed by atoms with Gasteiger partial charge in [0, 0.05) is 0 Å². The first kappa shape index (κ1) is 13.9. The Balaban J connectivity index is 2.97. The number of oxime groups is 1. The molecular formula is C12H12N2O3S. The fourth-order valence-electron chi connectivity index (χ4n) is 1.15. The average molecular weight is 264 g/mol. The van der Waals surface area contributed by atoms with Crippen LogP contribution in [0.25, 0.3) is 6.08 Å². The highest BCUT2D eigenvalue weighted by Crippen LogP contribution is 2.08. The van der Waals surface area contributed by atoms with Crippen molar-refractivity contribution in [2.24, 2.45) is 5.16 Å². The molecular weight excluding hydrogens is 252 g/mol. The van der Waals surface area contributed by atoms with E-state index in [4.69, 9.17) is 5.26 Å². The summed E-state index contributed by atoms with van der Waals surface area (Å²) in [7, 11) is -3.70. The summed E-state index contributed by atoms with van der Waals surface area (Å²) >= 11 is 0. The SMILES string of the molecule is CC(=Cc1ccccc1)C(C#N)=NOS(C)(=O)=O. The summed E-state index contributed by atoms with van der Waals surface area (Å²) < 4.78 is 25.8. The van der Waals surface area contributed by atoms with Gasteiger partial charge in [-0.05, 0) is 24.1 Å². The van der Waals surface area contributed by atoms with Crippen LogP contribution in [0.15, 0.2) is 41.1 Å². The van der Waals surface area contributed by atoms with Crippen LogP contribution in [0.4, 0.5) is 0 Å². The topological polar surface area (TPSA) is 79.5 Å². The zero-order chi connectivity index (χ0) is 13.6. The lowest BCUT2D eigenvalue weighted by Gasteiger charge is -1.99. The maximum Gasteiger partial charge on any atom is 0.325 e. The monoisotopic (exact) mass is 264 g/mol. The van der Waals surface area contributed by atoms with Crippen molar-refractivity contribution in [1.29, 1.82) is 5.26 Å². The van der Waals surface area contributed by atoms with Crippen LogP contribution in [0.5, 0.6) is 0 Å². The van der Waals surface area contributed by atoms with E-state index >= 15 is 0 Å². The molecule has 0 aliphatic carbocycles. The van der Waals surface area contributed by atoms with Gasteiger partial charge in [0.05, 0.1) is 6.26 Å². The van der Waals surface area contributed by atoms with Gasteiger partial charge >= 0.3 is 10.1 Å². The third kappa shape index (κ3) is 4.80. The Hall–Kier alpha value is -2.13.